The number of carbonyl (C=O) groups excluding carboxylic acids is 1. The molecule has 0 radical (unpaired) electrons. The first-order chi connectivity index (χ1) is 17.2. The van der Waals surface area contributed by atoms with Gasteiger partial charge in [0.2, 0.25) is 0 Å². The molecule has 7 nitrogen and oxygen atoms in total. The van der Waals surface area contributed by atoms with Crippen molar-refractivity contribution in [2.45, 2.75) is 58.0 Å². The van der Waals surface area contributed by atoms with Crippen molar-refractivity contribution in [2.75, 3.05) is 31.6 Å². The predicted octanol–water partition coefficient (Wildman–Crippen LogP) is 5.50. The normalized spacial score (nSPS) is 20.2. The van der Waals surface area contributed by atoms with Gasteiger partial charge in [-0.2, -0.15) is 0 Å². The number of hydrogen-bond donors (Lipinski definition) is 1. The van der Waals surface area contributed by atoms with Crippen molar-refractivity contribution in [3.63, 3.8) is 0 Å². The fourth-order valence-electron chi connectivity index (χ4n) is 5.31. The maximum Gasteiger partial charge on any atom is 0.410 e. The average molecular weight is 530 g/mol. The number of hydrogen-bond acceptors (Lipinski definition) is 7. The maximum absolute atomic E-state index is 12.9. The molecule has 1 amide bonds. The zero-order valence-corrected chi connectivity index (χ0v) is 22.7. The van der Waals surface area contributed by atoms with E-state index in [2.05, 4.69) is 16.0 Å². The zero-order chi connectivity index (χ0) is 25.6. The minimum Gasteiger partial charge on any atom is -0.444 e. The molecule has 192 valence electrons. The highest BCUT2D eigenvalue weighted by Crippen LogP contribution is 2.45. The van der Waals surface area contributed by atoms with Gasteiger partial charge in [-0.3, -0.25) is 4.98 Å². The molecule has 3 aromatic rings. The molecule has 5 rings (SSSR count). The van der Waals surface area contributed by atoms with Gasteiger partial charge in [-0.1, -0.05) is 11.6 Å². The van der Waals surface area contributed by atoms with Crippen molar-refractivity contribution >= 4 is 44.9 Å². The lowest BCUT2D eigenvalue weighted by Crippen LogP contribution is -2.47. The van der Waals surface area contributed by atoms with Crippen LogP contribution < -0.4 is 4.90 Å². The van der Waals surface area contributed by atoms with E-state index in [0.717, 1.165) is 51.3 Å². The summed E-state index contributed by atoms with van der Waals surface area (Å²) < 4.78 is 12.6. The second kappa shape index (κ2) is 9.82. The number of aliphatic hydroxyl groups is 1. The molecule has 4 heterocycles. The van der Waals surface area contributed by atoms with Crippen LogP contribution in [0.1, 0.15) is 37.6 Å². The third kappa shape index (κ3) is 4.79. The van der Waals surface area contributed by atoms with Crippen molar-refractivity contribution in [3.05, 3.63) is 45.9 Å². The summed E-state index contributed by atoms with van der Waals surface area (Å²) >= 11 is 8.20. The Kier molecular flexibility index (Phi) is 6.89. The lowest BCUT2D eigenvalue weighted by atomic mass is 9.92. The minimum absolute atomic E-state index is 0.0155. The fourth-order valence-corrected chi connectivity index (χ4v) is 6.56. The molecule has 2 atom stereocenters. The van der Waals surface area contributed by atoms with Gasteiger partial charge in [0.05, 0.1) is 35.5 Å². The summed E-state index contributed by atoms with van der Waals surface area (Å²) in [5.41, 5.74) is 4.73. The van der Waals surface area contributed by atoms with E-state index in [1.54, 1.807) is 23.3 Å². The van der Waals surface area contributed by atoms with Crippen molar-refractivity contribution in [3.8, 4) is 11.1 Å². The molecule has 9 heteroatoms. The number of aliphatic hydroxyl groups excluding tert-OH is 1. The van der Waals surface area contributed by atoms with Gasteiger partial charge in [-0.25, -0.2) is 4.79 Å². The standard InChI is InChI=1S/C27H32ClN3O4S/c1-27(2,3)35-26(33)30-13-22(23(14-30)34-4)31-9-5-6-16-10-17(28)11-20(24(16)31)19-7-8-29-21-12-18(15-32)36-25(19)21/h7-8,10-12,22-23,32H,5-6,9,13-15H2,1-4H3/t22-,23-/m1/s1. The minimum atomic E-state index is -0.555. The number of pyridine rings is 1. The van der Waals surface area contributed by atoms with E-state index in [1.165, 1.54) is 5.56 Å². The number of ether oxygens (including phenoxy) is 2. The number of amides is 1. The van der Waals surface area contributed by atoms with Gasteiger partial charge < -0.3 is 24.4 Å². The highest BCUT2D eigenvalue weighted by Gasteiger charge is 2.42. The summed E-state index contributed by atoms with van der Waals surface area (Å²) in [6.45, 7) is 7.48. The Morgan fingerprint density at radius 1 is 1.25 bits per heavy atom. The number of carbonyl (C=O) groups is 1. The van der Waals surface area contributed by atoms with Crippen molar-refractivity contribution in [1.29, 1.82) is 0 Å². The van der Waals surface area contributed by atoms with E-state index >= 15 is 0 Å². The third-order valence-corrected chi connectivity index (χ3v) is 8.15. The van der Waals surface area contributed by atoms with Gasteiger partial charge >= 0.3 is 6.09 Å². The van der Waals surface area contributed by atoms with Crippen LogP contribution in [0.3, 0.4) is 0 Å². The number of aryl methyl sites for hydroxylation is 1. The highest BCUT2D eigenvalue weighted by molar-refractivity contribution is 7.19. The lowest BCUT2D eigenvalue weighted by Gasteiger charge is -2.39. The zero-order valence-electron chi connectivity index (χ0n) is 21.1. The van der Waals surface area contributed by atoms with E-state index in [9.17, 15) is 9.90 Å². The largest absolute Gasteiger partial charge is 0.444 e. The van der Waals surface area contributed by atoms with E-state index in [4.69, 9.17) is 21.1 Å². The number of halogens is 1. The summed E-state index contributed by atoms with van der Waals surface area (Å²) in [6, 6.07) is 8.02. The number of nitrogens with zero attached hydrogens (tertiary/aromatic N) is 3. The van der Waals surface area contributed by atoms with Crippen LogP contribution >= 0.6 is 22.9 Å². The van der Waals surface area contributed by atoms with Gasteiger partial charge in [0.25, 0.3) is 0 Å². The number of methoxy groups -OCH3 is 1. The number of likely N-dealkylation sites (tertiary alicyclic amines) is 1. The molecule has 2 aromatic heterocycles. The highest BCUT2D eigenvalue weighted by atomic mass is 35.5. The third-order valence-electron chi connectivity index (χ3n) is 6.79. The first-order valence-electron chi connectivity index (χ1n) is 12.3. The quantitative estimate of drug-likeness (QED) is 0.481. The monoisotopic (exact) mass is 529 g/mol. The number of benzene rings is 1. The van der Waals surface area contributed by atoms with Crippen LogP contribution in [-0.4, -0.2) is 65.6 Å². The van der Waals surface area contributed by atoms with Crippen LogP contribution in [0.15, 0.2) is 30.5 Å². The summed E-state index contributed by atoms with van der Waals surface area (Å²) in [6.07, 6.45) is 3.27. The Labute approximate surface area is 220 Å². The Hall–Kier alpha value is -2.39. The number of anilines is 1. The van der Waals surface area contributed by atoms with Gasteiger partial charge in [-0.15, -0.1) is 11.3 Å². The van der Waals surface area contributed by atoms with Gasteiger partial charge in [0, 0.05) is 53.1 Å². The molecule has 36 heavy (non-hydrogen) atoms. The molecule has 0 bridgehead atoms. The topological polar surface area (TPSA) is 75.1 Å². The van der Waals surface area contributed by atoms with Crippen molar-refractivity contribution < 1.29 is 19.4 Å². The molecule has 0 saturated carbocycles. The molecule has 1 aromatic carbocycles. The number of rotatable bonds is 4. The van der Waals surface area contributed by atoms with Crippen molar-refractivity contribution in [1.82, 2.24) is 9.88 Å². The molecule has 0 aliphatic carbocycles. The van der Waals surface area contributed by atoms with Gasteiger partial charge in [-0.05, 0) is 63.4 Å². The van der Waals surface area contributed by atoms with Crippen LogP contribution in [-0.2, 0) is 22.5 Å². The molecule has 1 N–H and O–H groups in total. The molecular formula is C27H32ClN3O4S. The van der Waals surface area contributed by atoms with Crippen LogP contribution in [0.2, 0.25) is 5.02 Å². The van der Waals surface area contributed by atoms with E-state index < -0.39 is 5.60 Å². The second-order valence-electron chi connectivity index (χ2n) is 10.4. The SMILES string of the molecule is CO[C@@H]1CN(C(=O)OC(C)(C)C)C[C@H]1N1CCCc2cc(Cl)cc(-c3ccnc4cc(CO)sc34)c21. The van der Waals surface area contributed by atoms with Crippen LogP contribution in [0.5, 0.6) is 0 Å². The van der Waals surface area contributed by atoms with Crippen LogP contribution in [0.25, 0.3) is 21.3 Å². The molecule has 2 aliphatic heterocycles. The smallest absolute Gasteiger partial charge is 0.410 e. The van der Waals surface area contributed by atoms with Crippen molar-refractivity contribution in [2.24, 2.45) is 0 Å². The van der Waals surface area contributed by atoms with Crippen LogP contribution in [0.4, 0.5) is 10.5 Å². The first kappa shape index (κ1) is 25.3. The second-order valence-corrected chi connectivity index (χ2v) is 12.0. The van der Waals surface area contributed by atoms with E-state index in [1.807, 2.05) is 45.2 Å². The molecule has 1 fully saturated rings. The molecule has 1 saturated heterocycles. The fraction of sp³-hybridized carbons (Fsp3) is 0.481. The Bertz CT molecular complexity index is 1290. The van der Waals surface area contributed by atoms with Crippen LogP contribution in [0, 0.1) is 0 Å². The summed E-state index contributed by atoms with van der Waals surface area (Å²) in [5, 5.41) is 10.4. The summed E-state index contributed by atoms with van der Waals surface area (Å²) in [7, 11) is 1.71. The Balaban J connectivity index is 1.58. The predicted molar refractivity (Wildman–Crippen MR) is 144 cm³/mol. The number of fused-ring (bicyclic) bond motifs is 2. The Morgan fingerprint density at radius 3 is 2.78 bits per heavy atom. The molecule has 0 unspecified atom stereocenters. The van der Waals surface area contributed by atoms with E-state index in [-0.39, 0.29) is 24.8 Å². The van der Waals surface area contributed by atoms with Gasteiger partial charge in [0.1, 0.15) is 5.60 Å². The lowest BCUT2D eigenvalue weighted by molar-refractivity contribution is 0.0252. The number of thiophene rings is 1. The average Bonchev–Trinajstić information content (AvgIpc) is 3.46. The van der Waals surface area contributed by atoms with Gasteiger partial charge in [0.15, 0.2) is 0 Å². The Morgan fingerprint density at radius 2 is 2.06 bits per heavy atom. The molecule has 2 aliphatic rings. The summed E-state index contributed by atoms with van der Waals surface area (Å²) in [4.78, 5) is 22.4. The number of aromatic nitrogens is 1. The van der Waals surface area contributed by atoms with E-state index in [0.29, 0.717) is 18.1 Å². The maximum atomic E-state index is 12.9. The summed E-state index contributed by atoms with van der Waals surface area (Å²) in [5.74, 6) is 0. The molecule has 0 spiro atoms. The first-order valence-corrected chi connectivity index (χ1v) is 13.5. The molecular weight excluding hydrogens is 498 g/mol.